The Balaban J connectivity index is 1.65. The third-order valence-electron chi connectivity index (χ3n) is 3.58. The van der Waals surface area contributed by atoms with Gasteiger partial charge in [-0.05, 0) is 43.0 Å². The molecule has 5 heteroatoms. The quantitative estimate of drug-likeness (QED) is 0.669. The fourth-order valence-electron chi connectivity index (χ4n) is 2.21. The lowest BCUT2D eigenvalue weighted by Crippen LogP contribution is -2.20. The van der Waals surface area contributed by atoms with Gasteiger partial charge in [-0.3, -0.25) is 14.4 Å². The van der Waals surface area contributed by atoms with Gasteiger partial charge in [-0.2, -0.15) is 0 Å². The zero-order valence-electron chi connectivity index (χ0n) is 11.0. The van der Waals surface area contributed by atoms with Crippen LogP contribution in [-0.2, 0) is 20.7 Å². The minimum absolute atomic E-state index is 0.00143. The van der Waals surface area contributed by atoms with Crippen LogP contribution in [0.25, 0.3) is 0 Å². The van der Waals surface area contributed by atoms with Crippen molar-refractivity contribution < 1.29 is 19.1 Å². The molecule has 0 radical (unpaired) electrons. The molecule has 1 saturated carbocycles. The van der Waals surface area contributed by atoms with Crippen LogP contribution < -0.4 is 5.32 Å². The van der Waals surface area contributed by atoms with E-state index < -0.39 is 0 Å². The number of ether oxygens (including phenoxy) is 1. The van der Waals surface area contributed by atoms with E-state index in [0.717, 1.165) is 24.1 Å². The van der Waals surface area contributed by atoms with Crippen molar-refractivity contribution in [3.05, 3.63) is 29.3 Å². The van der Waals surface area contributed by atoms with Crippen molar-refractivity contribution >= 4 is 23.3 Å². The average molecular weight is 273 g/mol. The van der Waals surface area contributed by atoms with E-state index in [2.05, 4.69) is 5.32 Å². The van der Waals surface area contributed by atoms with Crippen LogP contribution in [0.1, 0.15) is 35.2 Å². The highest BCUT2D eigenvalue weighted by Gasteiger charge is 2.31. The first-order valence-electron chi connectivity index (χ1n) is 6.76. The summed E-state index contributed by atoms with van der Waals surface area (Å²) < 4.78 is 4.99. The Morgan fingerprint density at radius 1 is 1.25 bits per heavy atom. The van der Waals surface area contributed by atoms with E-state index in [0.29, 0.717) is 18.4 Å². The molecule has 0 aromatic heterocycles. The largest absolute Gasteiger partial charge is 0.457 e. The molecule has 3 rings (SSSR count). The van der Waals surface area contributed by atoms with Crippen molar-refractivity contribution in [2.75, 3.05) is 11.9 Å². The summed E-state index contributed by atoms with van der Waals surface area (Å²) >= 11 is 0. The van der Waals surface area contributed by atoms with Crippen molar-refractivity contribution in [1.82, 2.24) is 0 Å². The molecule has 0 bridgehead atoms. The second-order valence-corrected chi connectivity index (χ2v) is 5.23. The normalized spacial score (nSPS) is 17.1. The molecule has 1 heterocycles. The summed E-state index contributed by atoms with van der Waals surface area (Å²) in [4.78, 5) is 34.6. The summed E-state index contributed by atoms with van der Waals surface area (Å²) in [7, 11) is 0. The summed E-state index contributed by atoms with van der Waals surface area (Å²) in [5.41, 5.74) is 2.22. The molecular weight excluding hydrogens is 258 g/mol. The number of benzene rings is 1. The smallest absolute Gasteiger partial charge is 0.309 e. The van der Waals surface area contributed by atoms with E-state index >= 15 is 0 Å². The van der Waals surface area contributed by atoms with E-state index in [-0.39, 0.29) is 30.2 Å². The predicted molar refractivity (Wildman–Crippen MR) is 71.4 cm³/mol. The molecule has 0 unspecified atom stereocenters. The van der Waals surface area contributed by atoms with Gasteiger partial charge in [0, 0.05) is 17.7 Å². The molecule has 2 aliphatic rings. The zero-order chi connectivity index (χ0) is 14.1. The molecule has 1 aliphatic carbocycles. The van der Waals surface area contributed by atoms with Crippen molar-refractivity contribution in [1.29, 1.82) is 0 Å². The summed E-state index contributed by atoms with van der Waals surface area (Å²) in [5.74, 6) is -0.487. The maximum Gasteiger partial charge on any atom is 0.309 e. The second-order valence-electron chi connectivity index (χ2n) is 5.23. The lowest BCUT2D eigenvalue weighted by Gasteiger charge is -2.17. The molecule has 1 aromatic carbocycles. The van der Waals surface area contributed by atoms with Crippen LogP contribution in [0.5, 0.6) is 0 Å². The van der Waals surface area contributed by atoms with E-state index in [4.69, 9.17) is 4.74 Å². The molecule has 20 heavy (non-hydrogen) atoms. The number of carbonyl (C=O) groups excluding carboxylic acids is 3. The monoisotopic (exact) mass is 273 g/mol. The van der Waals surface area contributed by atoms with Gasteiger partial charge < -0.3 is 10.1 Å². The minimum Gasteiger partial charge on any atom is -0.457 e. The van der Waals surface area contributed by atoms with Crippen molar-refractivity contribution in [2.45, 2.75) is 25.7 Å². The molecule has 0 atom stereocenters. The Morgan fingerprint density at radius 2 is 2.05 bits per heavy atom. The summed E-state index contributed by atoms with van der Waals surface area (Å²) in [6.45, 7) is -0.208. The van der Waals surface area contributed by atoms with Crippen LogP contribution >= 0.6 is 0 Å². The van der Waals surface area contributed by atoms with E-state index in [1.807, 2.05) is 0 Å². The number of carbonyl (C=O) groups is 3. The Kier molecular flexibility index (Phi) is 3.26. The fourth-order valence-corrected chi connectivity index (χ4v) is 2.21. The van der Waals surface area contributed by atoms with Gasteiger partial charge in [0.25, 0.3) is 0 Å². The van der Waals surface area contributed by atoms with Gasteiger partial charge in [-0.1, -0.05) is 0 Å². The molecule has 1 amide bonds. The van der Waals surface area contributed by atoms with Crippen molar-refractivity contribution in [3.8, 4) is 0 Å². The molecule has 1 N–H and O–H groups in total. The van der Waals surface area contributed by atoms with E-state index in [1.165, 1.54) is 0 Å². The SMILES string of the molecule is O=C1CCc2cc(C(=O)COC(=O)C3CC3)ccc2N1. The first kappa shape index (κ1) is 12.8. The number of rotatable bonds is 4. The highest BCUT2D eigenvalue weighted by atomic mass is 16.5. The summed E-state index contributed by atoms with van der Waals surface area (Å²) in [6.07, 6.45) is 2.79. The van der Waals surface area contributed by atoms with Crippen molar-refractivity contribution in [2.24, 2.45) is 5.92 Å². The molecule has 0 saturated heterocycles. The molecule has 1 aromatic rings. The predicted octanol–water partition coefficient (Wildman–Crippen LogP) is 1.71. The maximum absolute atomic E-state index is 12.0. The molecule has 104 valence electrons. The fraction of sp³-hybridized carbons (Fsp3) is 0.400. The number of esters is 1. The standard InChI is InChI=1S/C15H15NO4/c17-13(8-20-15(19)9-1-2-9)11-3-5-12-10(7-11)4-6-14(18)16-12/h3,5,7,9H,1-2,4,6,8H2,(H,16,18). The van der Waals surface area contributed by atoms with Crippen LogP contribution in [0, 0.1) is 5.92 Å². The third kappa shape index (κ3) is 2.71. The molecule has 5 nitrogen and oxygen atoms in total. The van der Waals surface area contributed by atoms with Crippen molar-refractivity contribution in [3.63, 3.8) is 0 Å². The highest BCUT2D eigenvalue weighted by molar-refractivity contribution is 6.00. The minimum atomic E-state index is -0.274. The number of aryl methyl sites for hydroxylation is 1. The first-order valence-corrected chi connectivity index (χ1v) is 6.76. The van der Waals surface area contributed by atoms with Gasteiger partial charge in [-0.25, -0.2) is 0 Å². The van der Waals surface area contributed by atoms with Gasteiger partial charge in [0.1, 0.15) is 0 Å². The molecule has 1 aliphatic heterocycles. The Morgan fingerprint density at radius 3 is 2.80 bits per heavy atom. The van der Waals surface area contributed by atoms with Crippen LogP contribution in [0.15, 0.2) is 18.2 Å². The number of hydrogen-bond acceptors (Lipinski definition) is 4. The summed E-state index contributed by atoms with van der Waals surface area (Å²) in [6, 6.07) is 5.14. The van der Waals surface area contributed by atoms with E-state index in [1.54, 1.807) is 18.2 Å². The van der Waals surface area contributed by atoms with Gasteiger partial charge in [0.15, 0.2) is 12.4 Å². The topological polar surface area (TPSA) is 72.5 Å². The molecule has 1 fully saturated rings. The number of anilines is 1. The second kappa shape index (κ2) is 5.07. The average Bonchev–Trinajstić information content (AvgIpc) is 3.28. The van der Waals surface area contributed by atoms with Gasteiger partial charge in [-0.15, -0.1) is 0 Å². The van der Waals surface area contributed by atoms with Crippen LogP contribution in [0.3, 0.4) is 0 Å². The number of nitrogens with one attached hydrogen (secondary N) is 1. The molecule has 0 spiro atoms. The van der Waals surface area contributed by atoms with E-state index in [9.17, 15) is 14.4 Å². The third-order valence-corrected chi connectivity index (χ3v) is 3.58. The number of fused-ring (bicyclic) bond motifs is 1. The lowest BCUT2D eigenvalue weighted by atomic mass is 9.99. The van der Waals surface area contributed by atoms with Gasteiger partial charge in [0.2, 0.25) is 5.91 Å². The van der Waals surface area contributed by atoms with Gasteiger partial charge in [0.05, 0.1) is 5.92 Å². The summed E-state index contributed by atoms with van der Waals surface area (Å²) in [5, 5.41) is 2.76. The van der Waals surface area contributed by atoms with Crippen LogP contribution in [-0.4, -0.2) is 24.3 Å². The number of Topliss-reactive ketones (excluding diaryl/α,β-unsaturated/α-hetero) is 1. The van der Waals surface area contributed by atoms with Crippen LogP contribution in [0.2, 0.25) is 0 Å². The maximum atomic E-state index is 12.0. The Hall–Kier alpha value is -2.17. The number of amides is 1. The highest BCUT2D eigenvalue weighted by Crippen LogP contribution is 2.30. The Labute approximate surface area is 116 Å². The first-order chi connectivity index (χ1) is 9.63. The number of ketones is 1. The van der Waals surface area contributed by atoms with Gasteiger partial charge >= 0.3 is 5.97 Å². The molecular formula is C15H15NO4. The van der Waals surface area contributed by atoms with Crippen LogP contribution in [0.4, 0.5) is 5.69 Å². The zero-order valence-corrected chi connectivity index (χ0v) is 11.0. The Bertz CT molecular complexity index is 590. The lowest BCUT2D eigenvalue weighted by molar-refractivity contribution is -0.144. The number of hydrogen-bond donors (Lipinski definition) is 1.